The number of nitrogens with one attached hydrogen (secondary N) is 1. The molecule has 0 fully saturated rings. The number of benzene rings is 1. The van der Waals surface area contributed by atoms with E-state index in [1.54, 1.807) is 30.3 Å². The van der Waals surface area contributed by atoms with Gasteiger partial charge in [-0.05, 0) is 42.5 Å². The highest BCUT2D eigenvalue weighted by molar-refractivity contribution is 6.30. The highest BCUT2D eigenvalue weighted by atomic mass is 35.5. The van der Waals surface area contributed by atoms with Crippen molar-refractivity contribution in [2.24, 2.45) is 0 Å². The van der Waals surface area contributed by atoms with Crippen molar-refractivity contribution in [1.29, 1.82) is 0 Å². The molecule has 0 radical (unpaired) electrons. The Morgan fingerprint density at radius 2 is 1.78 bits per heavy atom. The summed E-state index contributed by atoms with van der Waals surface area (Å²) in [6.07, 6.45) is -0.333. The minimum Gasteiger partial charge on any atom is -0.324 e. The van der Waals surface area contributed by atoms with E-state index in [4.69, 9.17) is 11.6 Å². The maximum atomic E-state index is 13.2. The molecular weight excluding hydrogens is 379 g/mol. The summed E-state index contributed by atoms with van der Waals surface area (Å²) in [5.74, 6) is 0.427. The summed E-state index contributed by atoms with van der Waals surface area (Å²) in [7, 11) is 0. The van der Waals surface area contributed by atoms with Gasteiger partial charge in [-0.25, -0.2) is 4.98 Å². The van der Waals surface area contributed by atoms with Gasteiger partial charge in [0.05, 0.1) is 29.2 Å². The number of rotatable bonds is 3. The number of alkyl halides is 3. The average Bonchev–Trinajstić information content (AvgIpc) is 3.05. The molecule has 0 saturated carbocycles. The van der Waals surface area contributed by atoms with Crippen molar-refractivity contribution in [1.82, 2.24) is 19.6 Å². The lowest BCUT2D eigenvalue weighted by Crippen LogP contribution is -2.08. The summed E-state index contributed by atoms with van der Waals surface area (Å²) in [4.78, 5) is 8.12. The Kier molecular flexibility index (Phi) is 4.19. The van der Waals surface area contributed by atoms with E-state index in [2.05, 4.69) is 20.4 Å². The molecule has 0 spiro atoms. The summed E-state index contributed by atoms with van der Waals surface area (Å²) in [5, 5.41) is 7.90. The van der Waals surface area contributed by atoms with Gasteiger partial charge in [-0.3, -0.25) is 4.98 Å². The summed E-state index contributed by atoms with van der Waals surface area (Å²) in [5.41, 5.74) is 0.557. The van der Waals surface area contributed by atoms with E-state index in [0.29, 0.717) is 16.5 Å². The Morgan fingerprint density at radius 3 is 2.52 bits per heavy atom. The zero-order chi connectivity index (χ0) is 19.0. The van der Waals surface area contributed by atoms with E-state index in [1.807, 2.05) is 0 Å². The van der Waals surface area contributed by atoms with Crippen LogP contribution in [0.5, 0.6) is 0 Å². The van der Waals surface area contributed by atoms with E-state index in [-0.39, 0.29) is 11.3 Å². The van der Waals surface area contributed by atoms with Crippen molar-refractivity contribution < 1.29 is 13.2 Å². The number of hydrogen-bond donors (Lipinski definition) is 1. The molecule has 0 saturated heterocycles. The third-order valence-corrected chi connectivity index (χ3v) is 4.12. The van der Waals surface area contributed by atoms with Crippen molar-refractivity contribution >= 4 is 28.8 Å². The minimum atomic E-state index is -4.50. The average molecular weight is 390 g/mol. The minimum absolute atomic E-state index is 0.173. The fourth-order valence-corrected chi connectivity index (χ4v) is 2.76. The van der Waals surface area contributed by atoms with Crippen LogP contribution in [0.15, 0.2) is 61.1 Å². The van der Waals surface area contributed by atoms with Gasteiger partial charge in [-0.15, -0.1) is 0 Å². The van der Waals surface area contributed by atoms with E-state index in [0.717, 1.165) is 11.8 Å². The monoisotopic (exact) mass is 389 g/mol. The van der Waals surface area contributed by atoms with Crippen LogP contribution in [-0.4, -0.2) is 19.6 Å². The van der Waals surface area contributed by atoms with E-state index in [1.165, 1.54) is 29.2 Å². The molecule has 3 heterocycles. The van der Waals surface area contributed by atoms with E-state index >= 15 is 0 Å². The molecule has 0 amide bonds. The number of hydrogen-bond acceptors (Lipinski definition) is 4. The molecule has 136 valence electrons. The van der Waals surface area contributed by atoms with Gasteiger partial charge in [0.1, 0.15) is 0 Å². The SMILES string of the molecule is FC(F)(F)c1cccnc1-c1cnn2c(Nc3ccc(Cl)cc3)ncc2c1. The number of fused-ring (bicyclic) bond motifs is 1. The summed E-state index contributed by atoms with van der Waals surface area (Å²) in [6.45, 7) is 0. The van der Waals surface area contributed by atoms with Crippen LogP contribution in [0.3, 0.4) is 0 Å². The summed E-state index contributed by atoms with van der Waals surface area (Å²) >= 11 is 5.86. The molecule has 5 nitrogen and oxygen atoms in total. The molecular formula is C18H11ClF3N5. The predicted molar refractivity (Wildman–Crippen MR) is 96.0 cm³/mol. The number of anilines is 2. The largest absolute Gasteiger partial charge is 0.418 e. The van der Waals surface area contributed by atoms with Crippen LogP contribution in [-0.2, 0) is 6.18 Å². The van der Waals surface area contributed by atoms with Gasteiger partial charge in [0.2, 0.25) is 5.95 Å². The maximum Gasteiger partial charge on any atom is 0.418 e. The summed E-state index contributed by atoms with van der Waals surface area (Å²) in [6, 6.07) is 10.8. The molecule has 1 N–H and O–H groups in total. The Labute approximate surface area is 156 Å². The molecule has 0 unspecified atom stereocenters. The van der Waals surface area contributed by atoms with Crippen molar-refractivity contribution in [3.8, 4) is 11.3 Å². The number of halogens is 4. The standard InChI is InChI=1S/C18H11ClF3N5/c19-12-3-5-13(6-4-12)26-17-24-10-14-8-11(9-25-27(14)17)16-15(18(20,21)22)2-1-7-23-16/h1-10H,(H,24,26). The Balaban J connectivity index is 1.72. The lowest BCUT2D eigenvalue weighted by Gasteiger charge is -2.11. The van der Waals surface area contributed by atoms with Crippen LogP contribution >= 0.6 is 11.6 Å². The van der Waals surface area contributed by atoms with Crippen LogP contribution in [0.4, 0.5) is 24.8 Å². The first-order chi connectivity index (χ1) is 12.9. The molecule has 0 atom stereocenters. The molecule has 4 rings (SSSR count). The quantitative estimate of drug-likeness (QED) is 0.522. The van der Waals surface area contributed by atoms with Gasteiger partial charge >= 0.3 is 6.18 Å². The Morgan fingerprint density at radius 1 is 1.00 bits per heavy atom. The van der Waals surface area contributed by atoms with Crippen molar-refractivity contribution in [2.45, 2.75) is 6.18 Å². The zero-order valence-electron chi connectivity index (χ0n) is 13.6. The van der Waals surface area contributed by atoms with Crippen molar-refractivity contribution in [3.63, 3.8) is 0 Å². The fraction of sp³-hybridized carbons (Fsp3) is 0.0556. The molecule has 0 aliphatic heterocycles. The van der Waals surface area contributed by atoms with Crippen molar-refractivity contribution in [3.05, 3.63) is 71.6 Å². The van der Waals surface area contributed by atoms with E-state index < -0.39 is 11.7 Å². The molecule has 3 aromatic heterocycles. The van der Waals surface area contributed by atoms with Crippen LogP contribution in [0.1, 0.15) is 5.56 Å². The van der Waals surface area contributed by atoms with Gasteiger partial charge in [0, 0.05) is 22.5 Å². The van der Waals surface area contributed by atoms with Crippen LogP contribution in [0, 0.1) is 0 Å². The molecule has 9 heteroatoms. The zero-order valence-corrected chi connectivity index (χ0v) is 14.3. The Bertz CT molecular complexity index is 1110. The number of aromatic nitrogens is 4. The van der Waals surface area contributed by atoms with Gasteiger partial charge in [0.25, 0.3) is 0 Å². The molecule has 1 aromatic carbocycles. The van der Waals surface area contributed by atoms with Crippen LogP contribution in [0.25, 0.3) is 16.8 Å². The van der Waals surface area contributed by atoms with Gasteiger partial charge in [-0.2, -0.15) is 22.8 Å². The predicted octanol–water partition coefficient (Wildman–Crippen LogP) is 5.21. The highest BCUT2D eigenvalue weighted by Crippen LogP contribution is 2.35. The molecule has 0 aliphatic rings. The van der Waals surface area contributed by atoms with Gasteiger partial charge < -0.3 is 5.32 Å². The van der Waals surface area contributed by atoms with E-state index in [9.17, 15) is 13.2 Å². The fourth-order valence-electron chi connectivity index (χ4n) is 2.64. The maximum absolute atomic E-state index is 13.2. The number of nitrogens with zero attached hydrogens (tertiary/aromatic N) is 4. The first-order valence-corrected chi connectivity index (χ1v) is 8.18. The molecule has 0 bridgehead atoms. The second-order valence-electron chi connectivity index (χ2n) is 5.69. The molecule has 0 aliphatic carbocycles. The summed E-state index contributed by atoms with van der Waals surface area (Å²) < 4.78 is 41.2. The highest BCUT2D eigenvalue weighted by Gasteiger charge is 2.34. The Hall–Kier alpha value is -3.13. The normalized spacial score (nSPS) is 11.7. The smallest absolute Gasteiger partial charge is 0.324 e. The number of pyridine rings is 1. The van der Waals surface area contributed by atoms with Gasteiger partial charge in [0.15, 0.2) is 0 Å². The topological polar surface area (TPSA) is 55.1 Å². The lowest BCUT2D eigenvalue weighted by molar-refractivity contribution is -0.137. The lowest BCUT2D eigenvalue weighted by atomic mass is 10.1. The second-order valence-corrected chi connectivity index (χ2v) is 6.13. The number of imidazole rings is 1. The second kappa shape index (κ2) is 6.55. The third-order valence-electron chi connectivity index (χ3n) is 3.87. The third kappa shape index (κ3) is 3.43. The first-order valence-electron chi connectivity index (χ1n) is 7.81. The molecule has 27 heavy (non-hydrogen) atoms. The van der Waals surface area contributed by atoms with Gasteiger partial charge in [-0.1, -0.05) is 11.6 Å². The van der Waals surface area contributed by atoms with Crippen molar-refractivity contribution in [2.75, 3.05) is 5.32 Å². The van der Waals surface area contributed by atoms with Crippen LogP contribution in [0.2, 0.25) is 5.02 Å². The first kappa shape index (κ1) is 17.3. The molecule has 4 aromatic rings. The van der Waals surface area contributed by atoms with Crippen LogP contribution < -0.4 is 5.32 Å².